The first-order chi connectivity index (χ1) is 63.3. The molecule has 10 fully saturated rings. The van der Waals surface area contributed by atoms with E-state index in [-0.39, 0.29) is 24.1 Å². The van der Waals surface area contributed by atoms with E-state index < -0.39 is 0 Å². The number of rotatable bonds is 22. The second-order valence-corrected chi connectivity index (χ2v) is 37.7. The number of carbonyl (C=O) groups excluding carboxylic acids is 4. The average molecular weight is 1810 g/mol. The summed E-state index contributed by atoms with van der Waals surface area (Å²) in [7, 11) is 0. The third-order valence-corrected chi connectivity index (χ3v) is 26.8. The smallest absolute Gasteiger partial charge is 0.344 e. The number of anilines is 8. The van der Waals surface area contributed by atoms with Gasteiger partial charge in [-0.05, 0) is 156 Å². The van der Waals surface area contributed by atoms with Gasteiger partial charge in [0.05, 0.1) is 13.2 Å². The molecule has 31 nitrogen and oxygen atoms in total. The van der Waals surface area contributed by atoms with E-state index in [4.69, 9.17) is 16.3 Å². The van der Waals surface area contributed by atoms with Crippen LogP contribution in [0.4, 0.5) is 65.2 Å². The number of aromatic nitrogens is 8. The fraction of sp³-hybridized carbons (Fsp3) is 0.515. The van der Waals surface area contributed by atoms with Crippen molar-refractivity contribution in [2.24, 2.45) is 11.8 Å². The van der Waals surface area contributed by atoms with Crippen molar-refractivity contribution in [3.8, 4) is 0 Å². The summed E-state index contributed by atoms with van der Waals surface area (Å²) >= 11 is 6.32. The van der Waals surface area contributed by atoms with Gasteiger partial charge in [0.2, 0.25) is 0 Å². The molecule has 702 valence electrons. The second kappa shape index (κ2) is 44.5. The average Bonchev–Trinajstić information content (AvgIpc) is 1.69. The van der Waals surface area contributed by atoms with Crippen molar-refractivity contribution >= 4 is 81.7 Å². The molecule has 9 aliphatic heterocycles. The van der Waals surface area contributed by atoms with Crippen LogP contribution < -0.4 is 40.9 Å². The van der Waals surface area contributed by atoms with Crippen LogP contribution >= 0.6 is 11.6 Å². The summed E-state index contributed by atoms with van der Waals surface area (Å²) in [5.74, 6) is 3.89. The van der Waals surface area contributed by atoms with Crippen LogP contribution in [0, 0.1) is 32.6 Å². The molecule has 0 spiro atoms. The molecular weight excluding hydrogens is 1670 g/mol. The Morgan fingerprint density at radius 1 is 0.359 bits per heavy atom. The molecule has 13 heterocycles. The van der Waals surface area contributed by atoms with Crippen LogP contribution in [0.2, 0.25) is 5.02 Å². The number of likely N-dealkylation sites (N-methyl/N-ethyl adjacent to an activating group) is 1. The maximum atomic E-state index is 12.9. The lowest BCUT2D eigenvalue weighted by Crippen LogP contribution is -2.50. The normalized spacial score (nSPS) is 19.7. The monoisotopic (exact) mass is 1810 g/mol. The SMILES string of the molecule is C=C(C)Nc1ccn(C(=O)N2CCN(Cc3ccc(C)cc3N3CC4COCC4C3)CC2)n1.C=C(C)Nc1ccn(C(=O)N2CCN(Cc3ccc(C)cc3N3CCN(C4CC4)CC3)CC2)n1.C=C(C)Nc1ccn(C(=O)N2CCN(Cc3ccc(C)cc3N3CCN(CC)CC3)CC2)n1.C=C(C)Nc1ccn(C(=O)N2CCN(Cc3ccc(Cl)cc3N3CCCCC3)CC2)n1. The summed E-state index contributed by atoms with van der Waals surface area (Å²) in [4.78, 5) is 84.1. The first kappa shape index (κ1) is 94.6. The summed E-state index contributed by atoms with van der Waals surface area (Å²) in [6, 6.07) is 34.5. The van der Waals surface area contributed by atoms with E-state index in [1.54, 1.807) is 49.1 Å². The van der Waals surface area contributed by atoms with Gasteiger partial charge in [0.1, 0.15) is 0 Å². The van der Waals surface area contributed by atoms with Crippen LogP contribution in [0.1, 0.15) is 106 Å². The van der Waals surface area contributed by atoms with Gasteiger partial charge in [-0.2, -0.15) is 18.7 Å². The molecule has 4 aromatic carbocycles. The molecule has 4 N–H and O–H groups in total. The number of ether oxygens (including phenoxy) is 1. The van der Waals surface area contributed by atoms with E-state index in [2.05, 4.69) is 211 Å². The predicted molar refractivity (Wildman–Crippen MR) is 525 cm³/mol. The summed E-state index contributed by atoms with van der Waals surface area (Å²) in [5, 5.41) is 30.3. The van der Waals surface area contributed by atoms with Crippen molar-refractivity contribution in [3.63, 3.8) is 0 Å². The summed E-state index contributed by atoms with van der Waals surface area (Å²) in [5.41, 5.74) is 18.0. The Labute approximate surface area is 779 Å². The zero-order valence-electron chi connectivity index (χ0n) is 78.6. The lowest BCUT2D eigenvalue weighted by atomic mass is 10.0. The van der Waals surface area contributed by atoms with Gasteiger partial charge >= 0.3 is 24.1 Å². The third-order valence-electron chi connectivity index (χ3n) is 26.6. The Hall–Kier alpha value is -11.0. The Morgan fingerprint density at radius 2 is 0.649 bits per heavy atom. The Bertz CT molecular complexity index is 5220. The van der Waals surface area contributed by atoms with Gasteiger partial charge in [0.15, 0.2) is 23.3 Å². The van der Waals surface area contributed by atoms with Gasteiger partial charge in [0, 0.05) is 327 Å². The molecule has 10 aliphatic rings. The number of allylic oxidation sites excluding steroid dienone is 4. The number of hydrogen-bond donors (Lipinski definition) is 4. The largest absolute Gasteiger partial charge is 0.381 e. The second-order valence-electron chi connectivity index (χ2n) is 37.2. The number of carbonyl (C=O) groups is 4. The molecule has 2 unspecified atom stereocenters. The lowest BCUT2D eigenvalue weighted by molar-refractivity contribution is 0.134. The predicted octanol–water partition coefficient (Wildman–Crippen LogP) is 13.5. The fourth-order valence-corrected chi connectivity index (χ4v) is 19.3. The molecule has 1 saturated carbocycles. The highest BCUT2D eigenvalue weighted by Crippen LogP contribution is 2.37. The molecule has 8 aromatic rings. The Balaban J connectivity index is 0.000000134. The number of aryl methyl sites for hydroxylation is 3. The molecular formula is C99H139ClN26O5. The topological polar surface area (TPSA) is 242 Å². The molecule has 4 amide bonds. The number of nitrogens with zero attached hydrogens (tertiary/aromatic N) is 22. The Morgan fingerprint density at radius 3 is 0.962 bits per heavy atom. The van der Waals surface area contributed by atoms with E-state index in [0.29, 0.717) is 87.5 Å². The van der Waals surface area contributed by atoms with Crippen LogP contribution in [-0.4, -0.2) is 321 Å². The van der Waals surface area contributed by atoms with Gasteiger partial charge in [-0.15, -0.1) is 20.4 Å². The number of benzene rings is 4. The molecule has 0 bridgehead atoms. The highest BCUT2D eigenvalue weighted by Gasteiger charge is 2.39. The minimum atomic E-state index is -0.0880. The minimum absolute atomic E-state index is 0.0704. The van der Waals surface area contributed by atoms with Crippen molar-refractivity contribution in [3.05, 3.63) is 215 Å². The number of nitrogens with one attached hydrogen (secondary N) is 4. The van der Waals surface area contributed by atoms with E-state index in [0.717, 1.165) is 198 Å². The summed E-state index contributed by atoms with van der Waals surface area (Å²) in [6.07, 6.45) is 13.4. The van der Waals surface area contributed by atoms with Gasteiger partial charge in [0.25, 0.3) is 0 Å². The Kier molecular flexibility index (Phi) is 32.1. The lowest BCUT2D eigenvalue weighted by Gasteiger charge is -2.38. The number of hydrogen-bond acceptors (Lipinski definition) is 23. The molecule has 18 rings (SSSR count). The molecule has 1 aliphatic carbocycles. The maximum absolute atomic E-state index is 12.9. The van der Waals surface area contributed by atoms with Crippen LogP contribution in [-0.2, 0) is 30.9 Å². The minimum Gasteiger partial charge on any atom is -0.381 e. The first-order valence-corrected chi connectivity index (χ1v) is 47.8. The van der Waals surface area contributed by atoms with Crippen LogP contribution in [0.25, 0.3) is 0 Å². The highest BCUT2D eigenvalue weighted by atomic mass is 35.5. The molecule has 2 atom stereocenters. The molecule has 32 heteroatoms. The molecule has 131 heavy (non-hydrogen) atoms. The van der Waals surface area contributed by atoms with Crippen molar-refractivity contribution in [1.82, 2.24) is 88.1 Å². The zero-order valence-corrected chi connectivity index (χ0v) is 79.4. The van der Waals surface area contributed by atoms with Gasteiger partial charge in [-0.1, -0.05) is 87.3 Å². The van der Waals surface area contributed by atoms with Gasteiger partial charge < -0.3 is 70.1 Å². The molecule has 9 saturated heterocycles. The number of fused-ring (bicyclic) bond motifs is 1. The molecule has 4 aromatic heterocycles. The summed E-state index contributed by atoms with van der Waals surface area (Å²) < 4.78 is 11.3. The number of piperazine rings is 6. The van der Waals surface area contributed by atoms with Crippen molar-refractivity contribution in [2.45, 2.75) is 120 Å². The number of halogens is 1. The number of piperidine rings is 1. The maximum Gasteiger partial charge on any atom is 0.344 e. The quantitative estimate of drug-likeness (QED) is 0.0493. The third kappa shape index (κ3) is 25.6. The van der Waals surface area contributed by atoms with Crippen LogP contribution in [0.5, 0.6) is 0 Å². The van der Waals surface area contributed by atoms with E-state index in [9.17, 15) is 19.2 Å². The first-order valence-electron chi connectivity index (χ1n) is 47.4. The van der Waals surface area contributed by atoms with Gasteiger partial charge in [-0.25, -0.2) is 19.2 Å². The highest BCUT2D eigenvalue weighted by molar-refractivity contribution is 6.30. The van der Waals surface area contributed by atoms with Crippen LogP contribution in [0.15, 0.2) is 171 Å². The molecule has 0 radical (unpaired) electrons. The number of amides is 4. The van der Waals surface area contributed by atoms with Crippen molar-refractivity contribution in [1.29, 1.82) is 0 Å². The summed E-state index contributed by atoms with van der Waals surface area (Å²) in [6.45, 7) is 63.9. The standard InChI is InChI=1S/C26H37N7O.C25H37N7O.C25H34N6O2.C23H31ClN6O/c1-20(2)27-25-8-9-33(28-25)26(34)32-12-10-29(11-13-32)19-22-5-4-21(3)18-24(22)31-16-14-30(15-17-31)23-6-7-23;1-5-28-10-14-30(15-11-28)23-18-21(4)6-7-22(23)19-29-12-16-31(17-13-29)25(33)32-9-8-24(27-32)26-20(2)3;1-18(2)26-24-6-7-31(27-24)25(32)29-10-8-28(9-11-29)13-20-5-4-19(3)12-23(20)30-14-21-16-33-17-22(21)15-30;1-18(2)25-22-8-11-30(26-22)23(31)29-14-12-27(13-15-29)17-19-6-7-20(24)16-21(19)28-9-4-3-5-10-28/h4-5,8-9,18,23H,1,6-7,10-17,19H2,2-3H3,(H,27,28);6-9,18H,2,5,10-17,19H2,1,3-4H3,(H,26,27);4-7,12,21-22H,1,8-11,13-17H2,2-3H3,(H,26,27);6-8,11,16H,1,3-5,9-10,12-15,17H2,2H3,(H,25,26). The van der Waals surface area contributed by atoms with E-state index >= 15 is 0 Å². The van der Waals surface area contributed by atoms with Gasteiger partial charge in [-0.3, -0.25) is 24.5 Å². The fourth-order valence-electron chi connectivity index (χ4n) is 19.2. The van der Waals surface area contributed by atoms with Crippen molar-refractivity contribution in [2.75, 3.05) is 244 Å². The zero-order chi connectivity index (χ0) is 91.8. The van der Waals surface area contributed by atoms with Crippen molar-refractivity contribution < 1.29 is 23.9 Å². The van der Waals surface area contributed by atoms with Crippen LogP contribution in [0.3, 0.4) is 0 Å². The van der Waals surface area contributed by atoms with E-state index in [1.807, 2.05) is 53.4 Å². The van der Waals surface area contributed by atoms with E-state index in [1.165, 1.54) is 126 Å².